The molecule has 0 bridgehead atoms. The van der Waals surface area contributed by atoms with Gasteiger partial charge in [-0.15, -0.1) is 0 Å². The SMILES string of the molecule is CC1(C)[C@@H](N)CC[C@@]1(C)CCCn1cncn1. The summed E-state index contributed by atoms with van der Waals surface area (Å²) in [5.41, 5.74) is 6.84. The number of hydrogen-bond donors (Lipinski definition) is 1. The molecule has 1 heterocycles. The smallest absolute Gasteiger partial charge is 0.137 e. The van der Waals surface area contributed by atoms with Crippen LogP contribution in [0.3, 0.4) is 0 Å². The number of hydrogen-bond acceptors (Lipinski definition) is 3. The van der Waals surface area contributed by atoms with E-state index < -0.39 is 0 Å². The fraction of sp³-hybridized carbons (Fsp3) is 0.846. The lowest BCUT2D eigenvalue weighted by Gasteiger charge is -2.41. The first-order valence-electron chi connectivity index (χ1n) is 6.54. The Morgan fingerprint density at radius 3 is 2.71 bits per heavy atom. The molecule has 96 valence electrons. The van der Waals surface area contributed by atoms with Gasteiger partial charge < -0.3 is 5.73 Å². The van der Waals surface area contributed by atoms with Gasteiger partial charge in [0.25, 0.3) is 0 Å². The van der Waals surface area contributed by atoms with Crippen LogP contribution >= 0.6 is 0 Å². The summed E-state index contributed by atoms with van der Waals surface area (Å²) >= 11 is 0. The number of aryl methyl sites for hydroxylation is 1. The molecular formula is C13H24N4. The standard InChI is InChI=1S/C13H24N4/c1-12(2)11(14)5-7-13(12,3)6-4-8-17-10-15-9-16-17/h9-11H,4-8,14H2,1-3H3/t11-,13+/m0/s1. The van der Waals surface area contributed by atoms with Crippen LogP contribution in [0.1, 0.15) is 46.5 Å². The van der Waals surface area contributed by atoms with Gasteiger partial charge in [0.05, 0.1) is 0 Å². The third-order valence-electron chi connectivity index (χ3n) is 5.07. The molecule has 1 aliphatic rings. The van der Waals surface area contributed by atoms with Crippen molar-refractivity contribution in [1.82, 2.24) is 14.8 Å². The van der Waals surface area contributed by atoms with Gasteiger partial charge in [0.15, 0.2) is 0 Å². The molecule has 1 fully saturated rings. The van der Waals surface area contributed by atoms with E-state index in [0.717, 1.165) is 19.4 Å². The Morgan fingerprint density at radius 2 is 2.18 bits per heavy atom. The third kappa shape index (κ3) is 2.23. The predicted octanol–water partition coefficient (Wildman–Crippen LogP) is 2.21. The first kappa shape index (κ1) is 12.6. The fourth-order valence-corrected chi connectivity index (χ4v) is 3.03. The van der Waals surface area contributed by atoms with E-state index in [1.54, 1.807) is 12.7 Å². The number of aromatic nitrogens is 3. The van der Waals surface area contributed by atoms with Crippen molar-refractivity contribution in [2.45, 2.75) is 59.0 Å². The topological polar surface area (TPSA) is 56.7 Å². The van der Waals surface area contributed by atoms with E-state index in [2.05, 4.69) is 30.9 Å². The Morgan fingerprint density at radius 1 is 1.41 bits per heavy atom. The van der Waals surface area contributed by atoms with Crippen LogP contribution in [0.4, 0.5) is 0 Å². The minimum Gasteiger partial charge on any atom is -0.327 e. The highest BCUT2D eigenvalue weighted by Gasteiger charge is 2.49. The van der Waals surface area contributed by atoms with Crippen molar-refractivity contribution in [3.63, 3.8) is 0 Å². The summed E-state index contributed by atoms with van der Waals surface area (Å²) < 4.78 is 1.91. The van der Waals surface area contributed by atoms with Crippen LogP contribution in [0.15, 0.2) is 12.7 Å². The summed E-state index contributed by atoms with van der Waals surface area (Å²) in [6, 6.07) is 0.346. The van der Waals surface area contributed by atoms with Crippen LogP contribution in [0.2, 0.25) is 0 Å². The van der Waals surface area contributed by atoms with E-state index in [1.807, 2.05) is 4.68 Å². The van der Waals surface area contributed by atoms with Gasteiger partial charge >= 0.3 is 0 Å². The van der Waals surface area contributed by atoms with Gasteiger partial charge in [0.2, 0.25) is 0 Å². The summed E-state index contributed by atoms with van der Waals surface area (Å²) in [5, 5.41) is 4.14. The highest BCUT2D eigenvalue weighted by molar-refractivity contribution is 5.02. The van der Waals surface area contributed by atoms with Gasteiger partial charge in [0.1, 0.15) is 12.7 Å². The molecule has 1 aromatic rings. The van der Waals surface area contributed by atoms with E-state index in [9.17, 15) is 0 Å². The minimum absolute atomic E-state index is 0.245. The molecule has 1 aliphatic carbocycles. The van der Waals surface area contributed by atoms with Crippen molar-refractivity contribution >= 4 is 0 Å². The molecule has 2 atom stereocenters. The maximum Gasteiger partial charge on any atom is 0.137 e. The Kier molecular flexibility index (Phi) is 3.25. The second-order valence-electron chi connectivity index (χ2n) is 6.19. The molecule has 0 spiro atoms. The zero-order chi connectivity index (χ0) is 12.5. The summed E-state index contributed by atoms with van der Waals surface area (Å²) in [7, 11) is 0. The Bertz CT molecular complexity index is 358. The molecule has 0 aromatic carbocycles. The predicted molar refractivity (Wildman–Crippen MR) is 68.4 cm³/mol. The molecule has 4 heteroatoms. The first-order chi connectivity index (χ1) is 7.96. The second-order valence-corrected chi connectivity index (χ2v) is 6.19. The van der Waals surface area contributed by atoms with Crippen molar-refractivity contribution in [3.05, 3.63) is 12.7 Å². The van der Waals surface area contributed by atoms with E-state index >= 15 is 0 Å². The lowest BCUT2D eigenvalue weighted by atomic mass is 9.65. The zero-order valence-corrected chi connectivity index (χ0v) is 11.2. The maximum absolute atomic E-state index is 6.23. The van der Waals surface area contributed by atoms with Gasteiger partial charge in [0, 0.05) is 12.6 Å². The number of nitrogens with two attached hydrogens (primary N) is 1. The molecule has 0 amide bonds. The van der Waals surface area contributed by atoms with Crippen LogP contribution in [0.25, 0.3) is 0 Å². The van der Waals surface area contributed by atoms with Crippen LogP contribution in [-0.4, -0.2) is 20.8 Å². The van der Waals surface area contributed by atoms with E-state index in [-0.39, 0.29) is 5.41 Å². The number of rotatable bonds is 4. The second kappa shape index (κ2) is 4.41. The van der Waals surface area contributed by atoms with Gasteiger partial charge in [-0.1, -0.05) is 20.8 Å². The molecular weight excluding hydrogens is 212 g/mol. The van der Waals surface area contributed by atoms with E-state index in [4.69, 9.17) is 5.73 Å². The Hall–Kier alpha value is -0.900. The van der Waals surface area contributed by atoms with Crippen molar-refractivity contribution in [3.8, 4) is 0 Å². The van der Waals surface area contributed by atoms with Crippen molar-refractivity contribution in [2.24, 2.45) is 16.6 Å². The molecule has 2 N–H and O–H groups in total. The van der Waals surface area contributed by atoms with Crippen LogP contribution in [0.5, 0.6) is 0 Å². The highest BCUT2D eigenvalue weighted by Crippen LogP contribution is 2.54. The average molecular weight is 236 g/mol. The lowest BCUT2D eigenvalue weighted by Crippen LogP contribution is -2.41. The van der Waals surface area contributed by atoms with Crippen LogP contribution in [-0.2, 0) is 6.54 Å². The minimum atomic E-state index is 0.245. The molecule has 1 aromatic heterocycles. The summed E-state index contributed by atoms with van der Waals surface area (Å²) in [6.07, 6.45) is 8.15. The largest absolute Gasteiger partial charge is 0.327 e. The van der Waals surface area contributed by atoms with Gasteiger partial charge in [-0.25, -0.2) is 4.98 Å². The summed E-state index contributed by atoms with van der Waals surface area (Å²) in [6.45, 7) is 7.99. The monoisotopic (exact) mass is 236 g/mol. The molecule has 4 nitrogen and oxygen atoms in total. The Balaban J connectivity index is 1.90. The normalized spacial score (nSPS) is 31.9. The molecule has 17 heavy (non-hydrogen) atoms. The highest BCUT2D eigenvalue weighted by atomic mass is 15.3. The third-order valence-corrected chi connectivity index (χ3v) is 5.07. The first-order valence-corrected chi connectivity index (χ1v) is 6.54. The van der Waals surface area contributed by atoms with E-state index in [1.165, 1.54) is 12.8 Å². The molecule has 0 radical (unpaired) electrons. The average Bonchev–Trinajstić information content (AvgIpc) is 2.84. The van der Waals surface area contributed by atoms with Gasteiger partial charge in [-0.2, -0.15) is 5.10 Å². The molecule has 1 saturated carbocycles. The molecule has 0 aliphatic heterocycles. The summed E-state index contributed by atoms with van der Waals surface area (Å²) in [5.74, 6) is 0. The van der Waals surface area contributed by atoms with E-state index in [0.29, 0.717) is 11.5 Å². The van der Waals surface area contributed by atoms with Crippen LogP contribution in [0, 0.1) is 10.8 Å². The number of nitrogens with zero attached hydrogens (tertiary/aromatic N) is 3. The lowest BCUT2D eigenvalue weighted by molar-refractivity contribution is 0.101. The molecule has 2 rings (SSSR count). The van der Waals surface area contributed by atoms with Crippen LogP contribution < -0.4 is 5.73 Å². The van der Waals surface area contributed by atoms with Crippen molar-refractivity contribution in [1.29, 1.82) is 0 Å². The quantitative estimate of drug-likeness (QED) is 0.872. The van der Waals surface area contributed by atoms with Gasteiger partial charge in [-0.3, -0.25) is 4.68 Å². The van der Waals surface area contributed by atoms with Crippen molar-refractivity contribution in [2.75, 3.05) is 0 Å². The summed E-state index contributed by atoms with van der Waals surface area (Å²) in [4.78, 5) is 3.96. The van der Waals surface area contributed by atoms with Gasteiger partial charge in [-0.05, 0) is 36.5 Å². The zero-order valence-electron chi connectivity index (χ0n) is 11.2. The fourth-order valence-electron chi connectivity index (χ4n) is 3.03. The van der Waals surface area contributed by atoms with Crippen molar-refractivity contribution < 1.29 is 0 Å². The Labute approximate surface area is 104 Å². The molecule has 0 unspecified atom stereocenters. The maximum atomic E-state index is 6.23. The molecule has 0 saturated heterocycles.